The van der Waals surface area contributed by atoms with Crippen LogP contribution in [-0.4, -0.2) is 34.9 Å². The molecule has 0 saturated heterocycles. The Bertz CT molecular complexity index is 298. The molecule has 1 atom stereocenters. The van der Waals surface area contributed by atoms with Gasteiger partial charge in [0.25, 0.3) is 0 Å². The van der Waals surface area contributed by atoms with Crippen molar-refractivity contribution >= 4 is 5.82 Å². The van der Waals surface area contributed by atoms with Crippen molar-refractivity contribution in [2.45, 2.75) is 26.4 Å². The van der Waals surface area contributed by atoms with Gasteiger partial charge < -0.3 is 15.1 Å². The maximum absolute atomic E-state index is 9.37. The predicted octanol–water partition coefficient (Wildman–Crippen LogP) is 1.34. The highest BCUT2D eigenvalue weighted by molar-refractivity contribution is 5.39. The van der Waals surface area contributed by atoms with Gasteiger partial charge in [-0.05, 0) is 31.9 Å². The van der Waals surface area contributed by atoms with E-state index in [1.165, 1.54) is 0 Å². The fourth-order valence-corrected chi connectivity index (χ4v) is 1.53. The molecule has 2 N–H and O–H groups in total. The molecular weight excluding hydrogens is 204 g/mol. The van der Waals surface area contributed by atoms with E-state index in [9.17, 15) is 5.11 Å². The van der Waals surface area contributed by atoms with Crippen molar-refractivity contribution in [3.63, 3.8) is 0 Å². The summed E-state index contributed by atoms with van der Waals surface area (Å²) in [6.07, 6.45) is 1.96. The number of aliphatic hydroxyl groups is 2. The molecular formula is C12H20N2O2. The van der Waals surface area contributed by atoms with Gasteiger partial charge in [0, 0.05) is 25.9 Å². The summed E-state index contributed by atoms with van der Waals surface area (Å²) in [4.78, 5) is 6.41. The monoisotopic (exact) mass is 224 g/mol. The molecule has 16 heavy (non-hydrogen) atoms. The maximum Gasteiger partial charge on any atom is 0.128 e. The molecule has 4 nitrogen and oxygen atoms in total. The molecule has 0 aromatic carbocycles. The van der Waals surface area contributed by atoms with Gasteiger partial charge in [-0.25, -0.2) is 4.98 Å². The highest BCUT2D eigenvalue weighted by atomic mass is 16.3. The number of hydrogen-bond acceptors (Lipinski definition) is 4. The molecule has 0 amide bonds. The van der Waals surface area contributed by atoms with Crippen LogP contribution in [0.5, 0.6) is 0 Å². The summed E-state index contributed by atoms with van der Waals surface area (Å²) in [5, 5.41) is 18.2. The van der Waals surface area contributed by atoms with E-state index < -0.39 is 6.10 Å². The summed E-state index contributed by atoms with van der Waals surface area (Å²) in [6, 6.07) is 3.79. The first kappa shape index (κ1) is 12.9. The summed E-state index contributed by atoms with van der Waals surface area (Å²) in [5.41, 5.74) is 0.821. The van der Waals surface area contributed by atoms with Crippen LogP contribution in [0.1, 0.15) is 31.9 Å². The molecule has 0 bridgehead atoms. The largest absolute Gasteiger partial charge is 0.396 e. The van der Waals surface area contributed by atoms with Crippen LogP contribution in [0.3, 0.4) is 0 Å². The van der Waals surface area contributed by atoms with Crippen LogP contribution in [0.15, 0.2) is 18.3 Å². The van der Waals surface area contributed by atoms with E-state index in [0.29, 0.717) is 0 Å². The van der Waals surface area contributed by atoms with Crippen LogP contribution in [0.2, 0.25) is 0 Å². The lowest BCUT2D eigenvalue weighted by Gasteiger charge is -2.21. The third-order valence-corrected chi connectivity index (χ3v) is 2.55. The molecule has 0 fully saturated rings. The van der Waals surface area contributed by atoms with Crippen molar-refractivity contribution in [2.24, 2.45) is 0 Å². The molecule has 90 valence electrons. The first-order chi connectivity index (χ1) is 7.69. The third-order valence-electron chi connectivity index (χ3n) is 2.55. The lowest BCUT2D eigenvalue weighted by molar-refractivity contribution is 0.199. The van der Waals surface area contributed by atoms with Gasteiger partial charge in [0.05, 0.1) is 6.10 Å². The number of nitrogens with zero attached hydrogens (tertiary/aromatic N) is 2. The lowest BCUT2D eigenvalue weighted by atomic mass is 10.2. The minimum atomic E-state index is -0.478. The molecule has 0 spiro atoms. The molecule has 0 aliphatic carbocycles. The Labute approximate surface area is 96.6 Å². The normalized spacial score (nSPS) is 12.5. The molecule has 1 aromatic heterocycles. The van der Waals surface area contributed by atoms with Crippen molar-refractivity contribution in [2.75, 3.05) is 24.6 Å². The van der Waals surface area contributed by atoms with Gasteiger partial charge in [-0.2, -0.15) is 0 Å². The van der Waals surface area contributed by atoms with Gasteiger partial charge in [0.2, 0.25) is 0 Å². The van der Waals surface area contributed by atoms with Crippen molar-refractivity contribution in [3.05, 3.63) is 23.9 Å². The van der Waals surface area contributed by atoms with Crippen LogP contribution in [0, 0.1) is 0 Å². The third kappa shape index (κ3) is 3.47. The number of anilines is 1. The molecule has 4 heteroatoms. The van der Waals surface area contributed by atoms with E-state index >= 15 is 0 Å². The van der Waals surface area contributed by atoms with Gasteiger partial charge in [-0.3, -0.25) is 0 Å². The smallest absolute Gasteiger partial charge is 0.128 e. The highest BCUT2D eigenvalue weighted by Gasteiger charge is 2.06. The number of hydrogen-bond donors (Lipinski definition) is 2. The Morgan fingerprint density at radius 3 is 2.62 bits per heavy atom. The Balaban J connectivity index is 2.70. The fourth-order valence-electron chi connectivity index (χ4n) is 1.53. The van der Waals surface area contributed by atoms with Crippen LogP contribution in [-0.2, 0) is 0 Å². The van der Waals surface area contributed by atoms with Crippen LogP contribution < -0.4 is 4.90 Å². The van der Waals surface area contributed by atoms with E-state index in [2.05, 4.69) is 16.8 Å². The number of rotatable bonds is 6. The summed E-state index contributed by atoms with van der Waals surface area (Å²) in [6.45, 7) is 5.64. The zero-order valence-electron chi connectivity index (χ0n) is 9.93. The van der Waals surface area contributed by atoms with E-state index in [-0.39, 0.29) is 6.61 Å². The first-order valence-corrected chi connectivity index (χ1v) is 5.68. The van der Waals surface area contributed by atoms with Gasteiger partial charge in [0.1, 0.15) is 5.82 Å². The topological polar surface area (TPSA) is 56.6 Å². The molecule has 1 rings (SSSR count). The second kappa shape index (κ2) is 6.45. The lowest BCUT2D eigenvalue weighted by Crippen LogP contribution is -2.25. The second-order valence-electron chi connectivity index (χ2n) is 3.78. The van der Waals surface area contributed by atoms with Gasteiger partial charge >= 0.3 is 0 Å². The average Bonchev–Trinajstić information content (AvgIpc) is 2.30. The zero-order chi connectivity index (χ0) is 12.0. The Hall–Kier alpha value is -1.13. The first-order valence-electron chi connectivity index (χ1n) is 5.68. The number of pyridine rings is 1. The fraction of sp³-hybridized carbons (Fsp3) is 0.583. The predicted molar refractivity (Wildman–Crippen MR) is 64.5 cm³/mol. The van der Waals surface area contributed by atoms with Crippen molar-refractivity contribution in [1.82, 2.24) is 4.98 Å². The summed E-state index contributed by atoms with van der Waals surface area (Å²) in [5.74, 6) is 0.889. The van der Waals surface area contributed by atoms with Crippen molar-refractivity contribution < 1.29 is 10.2 Å². The summed E-state index contributed by atoms with van der Waals surface area (Å²) in [7, 11) is 0. The van der Waals surface area contributed by atoms with Gasteiger partial charge in [-0.1, -0.05) is 6.07 Å². The van der Waals surface area contributed by atoms with Crippen LogP contribution in [0.4, 0.5) is 5.82 Å². The second-order valence-corrected chi connectivity index (χ2v) is 3.78. The van der Waals surface area contributed by atoms with E-state index in [4.69, 9.17) is 5.11 Å². The summed E-state index contributed by atoms with van der Waals surface area (Å²) >= 11 is 0. The molecule has 0 saturated carbocycles. The van der Waals surface area contributed by atoms with Crippen molar-refractivity contribution in [1.29, 1.82) is 0 Å². The van der Waals surface area contributed by atoms with Crippen LogP contribution >= 0.6 is 0 Å². The summed E-state index contributed by atoms with van der Waals surface area (Å²) < 4.78 is 0. The zero-order valence-corrected chi connectivity index (χ0v) is 9.93. The van der Waals surface area contributed by atoms with Gasteiger partial charge in [-0.15, -0.1) is 0 Å². The standard InChI is InChI=1S/C12H20N2O2/c1-3-14(7-4-8-15)12-6-5-11(9-13-12)10(2)16/h5-6,9-10,15-16H,3-4,7-8H2,1-2H3/t10-/m1/s1. The van der Waals surface area contributed by atoms with Gasteiger partial charge in [0.15, 0.2) is 0 Å². The SMILES string of the molecule is CCN(CCCO)c1ccc([C@@H](C)O)cn1. The van der Waals surface area contributed by atoms with E-state index in [0.717, 1.165) is 30.9 Å². The minimum Gasteiger partial charge on any atom is -0.396 e. The minimum absolute atomic E-state index is 0.197. The van der Waals surface area contributed by atoms with Crippen LogP contribution in [0.25, 0.3) is 0 Å². The number of aliphatic hydroxyl groups excluding tert-OH is 2. The molecule has 1 heterocycles. The van der Waals surface area contributed by atoms with Crippen molar-refractivity contribution in [3.8, 4) is 0 Å². The number of aromatic nitrogens is 1. The Morgan fingerprint density at radius 2 is 2.19 bits per heavy atom. The molecule has 0 unspecified atom stereocenters. The molecule has 0 radical (unpaired) electrons. The highest BCUT2D eigenvalue weighted by Crippen LogP contribution is 2.15. The molecule has 0 aliphatic heterocycles. The van der Waals surface area contributed by atoms with E-state index in [1.54, 1.807) is 13.1 Å². The van der Waals surface area contributed by atoms with E-state index in [1.807, 2.05) is 12.1 Å². The quantitative estimate of drug-likeness (QED) is 0.765. The Morgan fingerprint density at radius 1 is 1.44 bits per heavy atom. The molecule has 1 aromatic rings. The average molecular weight is 224 g/mol. The maximum atomic E-state index is 9.37. The molecule has 0 aliphatic rings. The Kier molecular flexibility index (Phi) is 5.22.